The number of nitrogens with zero attached hydrogens (tertiary/aromatic N) is 2. The van der Waals surface area contributed by atoms with Crippen molar-refractivity contribution in [2.24, 2.45) is 0 Å². The number of thiazole rings is 1. The molecule has 31 heavy (non-hydrogen) atoms. The highest BCUT2D eigenvalue weighted by molar-refractivity contribution is 7.14. The van der Waals surface area contributed by atoms with Crippen molar-refractivity contribution in [1.82, 2.24) is 4.98 Å². The van der Waals surface area contributed by atoms with Crippen LogP contribution in [0.25, 0.3) is 11.3 Å². The van der Waals surface area contributed by atoms with Crippen LogP contribution in [-0.2, 0) is 14.9 Å². The topological polar surface area (TPSA) is 88.6 Å². The van der Waals surface area contributed by atoms with Crippen LogP contribution in [0, 0.1) is 0 Å². The monoisotopic (exact) mass is 435 g/mol. The Morgan fingerprint density at radius 3 is 2.61 bits per heavy atom. The van der Waals surface area contributed by atoms with Crippen molar-refractivity contribution in [3.8, 4) is 11.3 Å². The fraction of sp³-hybridized carbons (Fsp3) is 0.217. The summed E-state index contributed by atoms with van der Waals surface area (Å²) in [5.74, 6) is -0.816. The Balaban J connectivity index is 1.56. The summed E-state index contributed by atoms with van der Waals surface area (Å²) in [5, 5.41) is 5.07. The molecular weight excluding hydrogens is 414 g/mol. The SMILES string of the molecule is COC(=O)c1cccc(C(=O)Nc2nc(-c3ccc4c(c3)C(C)(C)C(=O)N4C)cs2)c1. The van der Waals surface area contributed by atoms with E-state index < -0.39 is 11.4 Å². The van der Waals surface area contributed by atoms with Crippen LogP contribution in [0.2, 0.25) is 0 Å². The number of carbonyl (C=O) groups excluding carboxylic acids is 3. The molecule has 1 aliphatic rings. The highest BCUT2D eigenvalue weighted by Crippen LogP contribution is 2.42. The normalized spacial score (nSPS) is 14.3. The molecule has 0 saturated carbocycles. The molecule has 3 aromatic rings. The number of hydrogen-bond acceptors (Lipinski definition) is 6. The molecule has 4 rings (SSSR count). The van der Waals surface area contributed by atoms with Gasteiger partial charge in [-0.15, -0.1) is 11.3 Å². The maximum absolute atomic E-state index is 12.6. The van der Waals surface area contributed by atoms with Crippen LogP contribution in [0.5, 0.6) is 0 Å². The molecule has 8 heteroatoms. The summed E-state index contributed by atoms with van der Waals surface area (Å²) in [6, 6.07) is 12.1. The van der Waals surface area contributed by atoms with Crippen LogP contribution in [0.1, 0.15) is 40.1 Å². The number of ether oxygens (including phenoxy) is 1. The molecule has 1 N–H and O–H groups in total. The number of carbonyl (C=O) groups is 3. The van der Waals surface area contributed by atoms with Gasteiger partial charge < -0.3 is 9.64 Å². The van der Waals surface area contributed by atoms with Crippen molar-refractivity contribution in [2.45, 2.75) is 19.3 Å². The second-order valence-corrected chi connectivity index (χ2v) is 8.64. The van der Waals surface area contributed by atoms with Crippen LogP contribution in [0.3, 0.4) is 0 Å². The number of nitrogens with one attached hydrogen (secondary N) is 1. The molecule has 0 fully saturated rings. The van der Waals surface area contributed by atoms with Crippen LogP contribution in [0.15, 0.2) is 47.8 Å². The van der Waals surface area contributed by atoms with Gasteiger partial charge in [0.25, 0.3) is 5.91 Å². The summed E-state index contributed by atoms with van der Waals surface area (Å²) >= 11 is 1.30. The number of likely N-dealkylation sites (N-methyl/N-ethyl adjacent to an activating group) is 1. The maximum atomic E-state index is 12.6. The number of esters is 1. The number of rotatable bonds is 4. The molecule has 0 saturated heterocycles. The van der Waals surface area contributed by atoms with Gasteiger partial charge in [0.1, 0.15) is 0 Å². The third kappa shape index (κ3) is 3.59. The summed E-state index contributed by atoms with van der Waals surface area (Å²) in [6.07, 6.45) is 0. The summed E-state index contributed by atoms with van der Waals surface area (Å²) < 4.78 is 4.70. The van der Waals surface area contributed by atoms with Crippen molar-refractivity contribution in [1.29, 1.82) is 0 Å². The molecule has 1 aliphatic heterocycles. The summed E-state index contributed by atoms with van der Waals surface area (Å²) in [5.41, 5.74) is 3.47. The van der Waals surface area contributed by atoms with E-state index in [9.17, 15) is 14.4 Å². The van der Waals surface area contributed by atoms with Crippen molar-refractivity contribution in [2.75, 3.05) is 24.4 Å². The Morgan fingerprint density at radius 2 is 1.87 bits per heavy atom. The second-order valence-electron chi connectivity index (χ2n) is 7.79. The highest BCUT2D eigenvalue weighted by atomic mass is 32.1. The molecule has 2 amide bonds. The minimum atomic E-state index is -0.599. The fourth-order valence-electron chi connectivity index (χ4n) is 3.67. The van der Waals surface area contributed by atoms with Gasteiger partial charge in [-0.25, -0.2) is 9.78 Å². The van der Waals surface area contributed by atoms with Gasteiger partial charge in [0.15, 0.2) is 5.13 Å². The predicted molar refractivity (Wildman–Crippen MR) is 120 cm³/mol. The predicted octanol–water partition coefficient (Wildman–Crippen LogP) is 4.10. The molecule has 0 radical (unpaired) electrons. The zero-order valence-electron chi connectivity index (χ0n) is 17.6. The number of fused-ring (bicyclic) bond motifs is 1. The standard InChI is InChI=1S/C23H21N3O4S/c1-23(2)16-11-13(8-9-18(16)26(3)21(23)29)17-12-31-22(24-17)25-19(27)14-6-5-7-15(10-14)20(28)30-4/h5-12H,1-4H3,(H,24,25,27). The van der Waals surface area contributed by atoms with Gasteiger partial charge >= 0.3 is 5.97 Å². The van der Waals surface area contributed by atoms with Crippen molar-refractivity contribution in [3.63, 3.8) is 0 Å². The van der Waals surface area contributed by atoms with Crippen LogP contribution in [-0.4, -0.2) is 36.9 Å². The van der Waals surface area contributed by atoms with E-state index in [-0.39, 0.29) is 11.8 Å². The molecular formula is C23H21N3O4S. The Hall–Kier alpha value is -3.52. The first-order chi connectivity index (χ1) is 14.7. The van der Waals surface area contributed by atoms with Gasteiger partial charge in [0, 0.05) is 29.2 Å². The molecule has 158 valence electrons. The minimum Gasteiger partial charge on any atom is -0.465 e. The molecule has 0 unspecified atom stereocenters. The molecule has 0 bridgehead atoms. The number of methoxy groups -OCH3 is 1. The van der Waals surface area contributed by atoms with Gasteiger partial charge in [-0.2, -0.15) is 0 Å². The van der Waals surface area contributed by atoms with Crippen LogP contribution < -0.4 is 10.2 Å². The van der Waals surface area contributed by atoms with E-state index in [1.54, 1.807) is 30.1 Å². The number of anilines is 2. The second kappa shape index (κ2) is 7.63. The molecule has 7 nitrogen and oxygen atoms in total. The van der Waals surface area contributed by atoms with Gasteiger partial charge in [0.2, 0.25) is 5.91 Å². The maximum Gasteiger partial charge on any atom is 0.337 e. The largest absolute Gasteiger partial charge is 0.465 e. The summed E-state index contributed by atoms with van der Waals surface area (Å²) in [6.45, 7) is 3.83. The lowest BCUT2D eigenvalue weighted by molar-refractivity contribution is -0.121. The first kappa shape index (κ1) is 20.7. The van der Waals surface area contributed by atoms with E-state index in [0.717, 1.165) is 16.8 Å². The molecule has 0 spiro atoms. The smallest absolute Gasteiger partial charge is 0.337 e. The summed E-state index contributed by atoms with van der Waals surface area (Å²) in [4.78, 5) is 43.0. The molecule has 2 heterocycles. The van der Waals surface area contributed by atoms with E-state index in [2.05, 4.69) is 10.3 Å². The highest BCUT2D eigenvalue weighted by Gasteiger charge is 2.42. The Kier molecular flexibility index (Phi) is 5.10. The lowest BCUT2D eigenvalue weighted by Crippen LogP contribution is -2.33. The van der Waals surface area contributed by atoms with Crippen molar-refractivity contribution >= 4 is 39.9 Å². The van der Waals surface area contributed by atoms with E-state index in [1.807, 2.05) is 37.4 Å². The zero-order chi connectivity index (χ0) is 22.3. The van der Waals surface area contributed by atoms with E-state index in [4.69, 9.17) is 4.74 Å². The van der Waals surface area contributed by atoms with Gasteiger partial charge in [-0.05, 0) is 49.7 Å². The third-order valence-corrected chi connectivity index (χ3v) is 6.19. The zero-order valence-corrected chi connectivity index (χ0v) is 18.4. The van der Waals surface area contributed by atoms with Crippen molar-refractivity contribution < 1.29 is 19.1 Å². The van der Waals surface area contributed by atoms with E-state index in [1.165, 1.54) is 24.5 Å². The fourth-order valence-corrected chi connectivity index (χ4v) is 4.39. The number of aromatic nitrogens is 1. The first-order valence-electron chi connectivity index (χ1n) is 9.60. The van der Waals surface area contributed by atoms with Gasteiger partial charge in [-0.3, -0.25) is 14.9 Å². The average Bonchev–Trinajstić information content (AvgIpc) is 3.31. The van der Waals surface area contributed by atoms with Crippen LogP contribution >= 0.6 is 11.3 Å². The Morgan fingerprint density at radius 1 is 1.13 bits per heavy atom. The van der Waals surface area contributed by atoms with Crippen molar-refractivity contribution in [3.05, 3.63) is 64.5 Å². The lowest BCUT2D eigenvalue weighted by atomic mass is 9.85. The summed E-state index contributed by atoms with van der Waals surface area (Å²) in [7, 11) is 3.07. The van der Waals surface area contributed by atoms with E-state index >= 15 is 0 Å². The molecule has 0 atom stereocenters. The quantitative estimate of drug-likeness (QED) is 0.623. The molecule has 0 aliphatic carbocycles. The van der Waals surface area contributed by atoms with Gasteiger partial charge in [0.05, 0.1) is 23.8 Å². The lowest BCUT2D eigenvalue weighted by Gasteiger charge is -2.16. The average molecular weight is 436 g/mol. The van der Waals surface area contributed by atoms with Gasteiger partial charge in [-0.1, -0.05) is 12.1 Å². The first-order valence-corrected chi connectivity index (χ1v) is 10.5. The third-order valence-electron chi connectivity index (χ3n) is 5.44. The Bertz CT molecular complexity index is 1220. The van der Waals surface area contributed by atoms with E-state index in [0.29, 0.717) is 22.0 Å². The Labute approximate surface area is 183 Å². The molecule has 1 aromatic heterocycles. The van der Waals surface area contributed by atoms with Crippen LogP contribution in [0.4, 0.5) is 10.8 Å². The minimum absolute atomic E-state index is 0.0556. The molecule has 2 aromatic carbocycles. The number of amides is 2. The number of benzene rings is 2. The number of hydrogen-bond donors (Lipinski definition) is 1.